The van der Waals surface area contributed by atoms with Gasteiger partial charge in [-0.3, -0.25) is 14.5 Å². The molecular weight excluding hydrogens is 1380 g/mol. The average Bonchev–Trinajstić information content (AvgIpc) is 1.66. The van der Waals surface area contributed by atoms with Crippen molar-refractivity contribution in [3.8, 4) is 34.5 Å². The zero-order valence-corrected chi connectivity index (χ0v) is 60.4. The molecule has 0 unspecified atom stereocenters. The highest BCUT2D eigenvalue weighted by atomic mass is 35.5. The number of aromatic nitrogens is 3. The van der Waals surface area contributed by atoms with Gasteiger partial charge >= 0.3 is 0 Å². The first-order valence-electron chi connectivity index (χ1n) is 32.7. The molecule has 0 amide bonds. The Morgan fingerprint density at radius 1 is 0.417 bits per heavy atom. The zero-order chi connectivity index (χ0) is 70.8. The second-order valence-corrected chi connectivity index (χ2v) is 26.7. The van der Waals surface area contributed by atoms with E-state index in [-0.39, 0.29) is 34.6 Å². The molecule has 0 saturated carbocycles. The van der Waals surface area contributed by atoms with E-state index in [1.165, 1.54) is 19.0 Å². The largest absolute Gasteiger partial charge is 0.497 e. The predicted molar refractivity (Wildman–Crippen MR) is 411 cm³/mol. The smallest absolute Gasteiger partial charge is 0.268 e. The highest BCUT2D eigenvalue weighted by molar-refractivity contribution is 7.90. The highest BCUT2D eigenvalue weighted by Gasteiger charge is 2.22. The molecule has 0 radical (unpaired) electrons. The first-order chi connectivity index (χ1) is 49.3. The molecule has 0 saturated heterocycles. The summed E-state index contributed by atoms with van der Waals surface area (Å²) in [5.41, 5.74) is 13.6. The van der Waals surface area contributed by atoms with E-state index < -0.39 is 20.0 Å². The topological polar surface area (TPSA) is 214 Å². The second kappa shape index (κ2) is 38.9. The number of methoxy groups -OCH3 is 3. The molecule has 22 heteroatoms. The number of benzene rings is 10. The van der Waals surface area contributed by atoms with Gasteiger partial charge in [0.15, 0.2) is 0 Å². The van der Waals surface area contributed by atoms with Crippen LogP contribution in [-0.4, -0.2) is 108 Å². The number of nitrogens with zero attached hydrogens (tertiary/aromatic N) is 4. The summed E-state index contributed by atoms with van der Waals surface area (Å²) in [7, 11) is -2.40. The highest BCUT2D eigenvalue weighted by Crippen LogP contribution is 2.32. The third kappa shape index (κ3) is 21.0. The minimum absolute atomic E-state index is 0. The third-order valence-corrected chi connectivity index (χ3v) is 19.6. The summed E-state index contributed by atoms with van der Waals surface area (Å²) in [6.07, 6.45) is 6.69. The SMILES string of the molecule is COc1cccc(CN(CCOc2cccc3c2ccn3S(=O)(=O)c2ccccc2)Cc2cccc(OC)c2)c1.COc1cccc(CNCCOc2cccc3c2ccn3S(=O)(=O)c2ccccc2)c1.Cl.Cl.NCCOc1cccc2c1ccn2Cc1ccccc1.O=Cc1cccc(C=O)c1. The number of aldehydes is 2. The van der Waals surface area contributed by atoms with Crippen LogP contribution in [0.5, 0.6) is 34.5 Å². The molecule has 13 aromatic rings. The van der Waals surface area contributed by atoms with Crippen molar-refractivity contribution in [2.24, 2.45) is 5.73 Å². The fourth-order valence-electron chi connectivity index (χ4n) is 11.2. The molecule has 3 heterocycles. The minimum Gasteiger partial charge on any atom is -0.497 e. The summed E-state index contributed by atoms with van der Waals surface area (Å²) in [5.74, 6) is 4.66. The molecule has 534 valence electrons. The molecule has 3 N–H and O–H groups in total. The standard InChI is InChI=1S/C32H32N2O5S.C24H24N2O4S.C17H18N2O.C8H6O2.2ClH/c1-37-27-11-6-9-25(21-27)23-33(24-26-10-7-12-28(22-26)38-2)19-20-39-32-16-8-15-31-30(32)17-18-34(31)40(35,36)29-13-4-3-5-14-29;1-29-20-8-5-7-19(17-20)18-25-14-16-30-24-12-6-11-23-22(24)13-15-26(23)31(27,28)21-9-3-2-4-10-21;18-10-12-20-17-8-4-7-16-15(17)9-11-19(16)13-14-5-2-1-3-6-14;9-5-7-2-1-3-8(4-7)6-10;;/h3-18,21-22H,19-20,23-24H2,1-2H3;2-13,15,17,25H,14,16,18H2,1H3;1-9,11H,10,12-13,18H2;1-6H;2*1H. The van der Waals surface area contributed by atoms with E-state index in [0.717, 1.165) is 62.4 Å². The number of halogens is 2. The quantitative estimate of drug-likeness (QED) is 0.0345. The van der Waals surface area contributed by atoms with Gasteiger partial charge in [-0.1, -0.05) is 140 Å². The number of hydrogen-bond acceptors (Lipinski definition) is 15. The molecule has 0 aliphatic carbocycles. The van der Waals surface area contributed by atoms with Crippen LogP contribution in [0.25, 0.3) is 32.7 Å². The molecule has 0 atom stereocenters. The molecule has 0 spiro atoms. The molecule has 18 nitrogen and oxygen atoms in total. The van der Waals surface area contributed by atoms with Crippen molar-refractivity contribution in [3.05, 3.63) is 313 Å². The van der Waals surface area contributed by atoms with Crippen LogP contribution in [0.4, 0.5) is 0 Å². The van der Waals surface area contributed by atoms with Crippen LogP contribution in [0.15, 0.2) is 289 Å². The fourth-order valence-corrected chi connectivity index (χ4v) is 14.0. The zero-order valence-electron chi connectivity index (χ0n) is 57.2. The van der Waals surface area contributed by atoms with Gasteiger partial charge in [-0.25, -0.2) is 24.8 Å². The van der Waals surface area contributed by atoms with Crippen molar-refractivity contribution in [2.45, 2.75) is 36.0 Å². The average molecular weight is 1470 g/mol. The summed E-state index contributed by atoms with van der Waals surface area (Å²) in [4.78, 5) is 23.1. The lowest BCUT2D eigenvalue weighted by atomic mass is 10.1. The van der Waals surface area contributed by atoms with Crippen molar-refractivity contribution < 1.29 is 54.8 Å². The van der Waals surface area contributed by atoms with Gasteiger partial charge in [-0.05, 0) is 144 Å². The Kier molecular flexibility index (Phi) is 29.5. The molecule has 3 aromatic heterocycles. The number of ether oxygens (including phenoxy) is 6. The second-order valence-electron chi connectivity index (χ2n) is 23.0. The normalized spacial score (nSPS) is 10.9. The van der Waals surface area contributed by atoms with Gasteiger partial charge in [0.05, 0.1) is 47.7 Å². The molecule has 103 heavy (non-hydrogen) atoms. The Labute approximate surface area is 613 Å². The number of nitrogens with two attached hydrogens (primary N) is 1. The summed E-state index contributed by atoms with van der Waals surface area (Å²) in [5, 5.41) is 5.98. The lowest BCUT2D eigenvalue weighted by Crippen LogP contribution is -2.28. The summed E-state index contributed by atoms with van der Waals surface area (Å²) in [6, 6.07) is 80.5. The Balaban J connectivity index is 0.000000189. The molecule has 0 fully saturated rings. The molecular formula is C81H82Cl2N6O12S2. The van der Waals surface area contributed by atoms with Crippen molar-refractivity contribution in [2.75, 3.05) is 60.8 Å². The predicted octanol–water partition coefficient (Wildman–Crippen LogP) is 15.2. The number of rotatable bonds is 28. The molecule has 0 bridgehead atoms. The number of carbonyl (C=O) groups is 2. The summed E-state index contributed by atoms with van der Waals surface area (Å²) in [6.45, 7) is 6.22. The van der Waals surface area contributed by atoms with Gasteiger partial charge in [0.25, 0.3) is 20.0 Å². The Hall–Kier alpha value is -10.7. The van der Waals surface area contributed by atoms with Crippen LogP contribution in [0.3, 0.4) is 0 Å². The van der Waals surface area contributed by atoms with Gasteiger partial charge in [0.2, 0.25) is 0 Å². The fraction of sp³-hybridized carbons (Fsp3) is 0.160. The monoisotopic (exact) mass is 1460 g/mol. The molecule has 0 aliphatic heterocycles. The van der Waals surface area contributed by atoms with Crippen LogP contribution < -0.4 is 39.5 Å². The minimum atomic E-state index is -3.72. The van der Waals surface area contributed by atoms with E-state index in [1.807, 2.05) is 97.1 Å². The van der Waals surface area contributed by atoms with E-state index in [4.69, 9.17) is 34.2 Å². The van der Waals surface area contributed by atoms with Gasteiger partial charge < -0.3 is 44.0 Å². The Morgan fingerprint density at radius 3 is 1.29 bits per heavy atom. The maximum absolute atomic E-state index is 13.3. The summed E-state index contributed by atoms with van der Waals surface area (Å²) >= 11 is 0. The van der Waals surface area contributed by atoms with E-state index in [2.05, 4.69) is 69.5 Å². The van der Waals surface area contributed by atoms with Crippen molar-refractivity contribution in [3.63, 3.8) is 0 Å². The lowest BCUT2D eigenvalue weighted by Gasteiger charge is -2.23. The molecule has 10 aromatic carbocycles. The lowest BCUT2D eigenvalue weighted by molar-refractivity contribution is 0.112. The van der Waals surface area contributed by atoms with E-state index in [1.54, 1.807) is 149 Å². The number of hydrogen-bond donors (Lipinski definition) is 2. The number of fused-ring (bicyclic) bond motifs is 3. The first-order valence-corrected chi connectivity index (χ1v) is 35.5. The first kappa shape index (κ1) is 78.0. The van der Waals surface area contributed by atoms with Crippen LogP contribution in [0.1, 0.15) is 43.0 Å². The van der Waals surface area contributed by atoms with Crippen LogP contribution >= 0.6 is 24.8 Å². The maximum atomic E-state index is 13.3. The van der Waals surface area contributed by atoms with Crippen molar-refractivity contribution in [1.29, 1.82) is 0 Å². The molecule has 0 aliphatic rings. The van der Waals surface area contributed by atoms with E-state index >= 15 is 0 Å². The third-order valence-electron chi connectivity index (χ3n) is 16.2. The van der Waals surface area contributed by atoms with Gasteiger partial charge in [0, 0.05) is 91.7 Å². The van der Waals surface area contributed by atoms with E-state index in [0.29, 0.717) is 105 Å². The van der Waals surface area contributed by atoms with Gasteiger partial charge in [0.1, 0.15) is 66.9 Å². The number of nitrogens with one attached hydrogen (secondary N) is 1. The Morgan fingerprint density at radius 2 is 0.816 bits per heavy atom. The van der Waals surface area contributed by atoms with Gasteiger partial charge in [-0.2, -0.15) is 0 Å². The van der Waals surface area contributed by atoms with Crippen LogP contribution in [-0.2, 0) is 46.2 Å². The molecule has 13 rings (SSSR count). The van der Waals surface area contributed by atoms with Crippen molar-refractivity contribution in [1.82, 2.24) is 22.7 Å². The number of carbonyl (C=O) groups excluding carboxylic acids is 2. The van der Waals surface area contributed by atoms with Crippen LogP contribution in [0.2, 0.25) is 0 Å². The maximum Gasteiger partial charge on any atom is 0.268 e. The van der Waals surface area contributed by atoms with Crippen molar-refractivity contribution >= 4 is 90.1 Å². The van der Waals surface area contributed by atoms with E-state index in [9.17, 15) is 26.4 Å². The Bertz CT molecular complexity index is 4990. The summed E-state index contributed by atoms with van der Waals surface area (Å²) < 4.78 is 91.3. The van der Waals surface area contributed by atoms with Gasteiger partial charge in [-0.15, -0.1) is 24.8 Å². The van der Waals surface area contributed by atoms with Crippen LogP contribution in [0, 0.1) is 0 Å².